The van der Waals surface area contributed by atoms with Gasteiger partial charge < -0.3 is 10.1 Å². The van der Waals surface area contributed by atoms with Crippen LogP contribution in [0.25, 0.3) is 0 Å². The van der Waals surface area contributed by atoms with E-state index in [1.54, 1.807) is 42.5 Å². The Morgan fingerprint density at radius 3 is 2.43 bits per heavy atom. The number of hydrogen-bond acceptors (Lipinski definition) is 5. The molecule has 0 atom stereocenters. The molecule has 1 aliphatic heterocycles. The molecule has 3 aromatic carbocycles. The van der Waals surface area contributed by atoms with Crippen LogP contribution in [-0.4, -0.2) is 37.7 Å². The van der Waals surface area contributed by atoms with Gasteiger partial charge in [0.2, 0.25) is 10.0 Å². The maximum absolute atomic E-state index is 13.1. The number of halogens is 2. The highest BCUT2D eigenvalue weighted by molar-refractivity contribution is 9.10. The van der Waals surface area contributed by atoms with Gasteiger partial charge in [-0.05, 0) is 71.2 Å². The van der Waals surface area contributed by atoms with Crippen LogP contribution in [0.1, 0.15) is 40.0 Å². The van der Waals surface area contributed by atoms with Crippen LogP contribution < -0.4 is 10.1 Å². The van der Waals surface area contributed by atoms with Crippen LogP contribution in [0.2, 0.25) is 5.02 Å². The number of amides is 1. The molecule has 1 N–H and O–H groups in total. The molecule has 1 amide bonds. The number of benzene rings is 3. The Bertz CT molecular complexity index is 1370. The van der Waals surface area contributed by atoms with Crippen molar-refractivity contribution in [1.82, 2.24) is 4.31 Å². The lowest BCUT2D eigenvalue weighted by molar-refractivity contribution is 0.0734. The second-order valence-corrected chi connectivity index (χ2v) is 11.1. The topological polar surface area (TPSA) is 92.8 Å². The van der Waals surface area contributed by atoms with Gasteiger partial charge in [-0.15, -0.1) is 0 Å². The molecule has 7 nitrogen and oxygen atoms in total. The molecule has 1 heterocycles. The third-order valence-electron chi connectivity index (χ3n) is 5.52. The van der Waals surface area contributed by atoms with E-state index < -0.39 is 21.9 Å². The standard InChI is InChI=1S/C25H22BrClN2O5S/c26-21-12-11-17(15-23(21)35(32,33)29-13-4-1-5-14-29)25(31)34-19-8-6-7-18(16-19)28-24(30)20-9-2-3-10-22(20)27/h2-3,6-12,15-16H,1,4-5,13-14H2,(H,28,30). The second-order valence-electron chi connectivity index (χ2n) is 7.96. The van der Waals surface area contributed by atoms with E-state index in [1.165, 1.54) is 28.6 Å². The summed E-state index contributed by atoms with van der Waals surface area (Å²) in [7, 11) is -3.75. The predicted octanol–water partition coefficient (Wildman–Crippen LogP) is 5.75. The van der Waals surface area contributed by atoms with Gasteiger partial charge in [-0.1, -0.05) is 36.2 Å². The van der Waals surface area contributed by atoms with Crippen molar-refractivity contribution < 1.29 is 22.7 Å². The second kappa shape index (κ2) is 10.9. The molecule has 0 radical (unpaired) electrons. The number of hydrogen-bond donors (Lipinski definition) is 1. The molecule has 1 saturated heterocycles. The molecular formula is C25H22BrClN2O5S. The van der Waals surface area contributed by atoms with Gasteiger partial charge in [-0.2, -0.15) is 4.31 Å². The van der Waals surface area contributed by atoms with Gasteiger partial charge in [0, 0.05) is 29.3 Å². The van der Waals surface area contributed by atoms with E-state index in [4.69, 9.17) is 16.3 Å². The largest absolute Gasteiger partial charge is 0.423 e. The lowest BCUT2D eigenvalue weighted by Gasteiger charge is -2.26. The number of carbonyl (C=O) groups excluding carboxylic acids is 2. The summed E-state index contributed by atoms with van der Waals surface area (Å²) in [6.45, 7) is 0.909. The minimum absolute atomic E-state index is 0.0228. The average molecular weight is 578 g/mol. The zero-order chi connectivity index (χ0) is 25.0. The van der Waals surface area contributed by atoms with E-state index in [1.807, 2.05) is 0 Å². The van der Waals surface area contributed by atoms with Gasteiger partial charge in [0.1, 0.15) is 5.75 Å². The molecule has 0 bridgehead atoms. The number of nitrogens with one attached hydrogen (secondary N) is 1. The Hall–Kier alpha value is -2.72. The van der Waals surface area contributed by atoms with Gasteiger partial charge in [0.25, 0.3) is 5.91 Å². The van der Waals surface area contributed by atoms with E-state index in [0.717, 1.165) is 19.3 Å². The minimum Gasteiger partial charge on any atom is -0.423 e. The Balaban J connectivity index is 1.51. The van der Waals surface area contributed by atoms with Crippen molar-refractivity contribution in [2.45, 2.75) is 24.2 Å². The van der Waals surface area contributed by atoms with Gasteiger partial charge in [-0.25, -0.2) is 13.2 Å². The van der Waals surface area contributed by atoms with E-state index in [0.29, 0.717) is 33.8 Å². The average Bonchev–Trinajstić information content (AvgIpc) is 2.85. The minimum atomic E-state index is -3.75. The predicted molar refractivity (Wildman–Crippen MR) is 138 cm³/mol. The van der Waals surface area contributed by atoms with Crippen molar-refractivity contribution >= 4 is 55.1 Å². The maximum atomic E-state index is 13.1. The van der Waals surface area contributed by atoms with Gasteiger partial charge >= 0.3 is 5.97 Å². The summed E-state index contributed by atoms with van der Waals surface area (Å²) in [6.07, 6.45) is 2.61. The number of nitrogens with zero attached hydrogens (tertiary/aromatic N) is 1. The zero-order valence-electron chi connectivity index (χ0n) is 18.5. The summed E-state index contributed by atoms with van der Waals surface area (Å²) in [6, 6.07) is 17.3. The molecule has 1 aliphatic rings. The maximum Gasteiger partial charge on any atom is 0.343 e. The highest BCUT2D eigenvalue weighted by Crippen LogP contribution is 2.29. The van der Waals surface area contributed by atoms with Crippen LogP contribution in [-0.2, 0) is 10.0 Å². The molecule has 0 unspecified atom stereocenters. The van der Waals surface area contributed by atoms with E-state index in [2.05, 4.69) is 21.2 Å². The fourth-order valence-corrected chi connectivity index (χ4v) is 6.41. The first-order chi connectivity index (χ1) is 16.8. The Morgan fingerprint density at radius 2 is 1.69 bits per heavy atom. The Morgan fingerprint density at radius 1 is 0.943 bits per heavy atom. The number of carbonyl (C=O) groups is 2. The fraction of sp³-hybridized carbons (Fsp3) is 0.200. The van der Waals surface area contributed by atoms with Crippen LogP contribution in [0, 0.1) is 0 Å². The zero-order valence-corrected chi connectivity index (χ0v) is 21.7. The van der Waals surface area contributed by atoms with Crippen LogP contribution in [0.15, 0.2) is 76.1 Å². The summed E-state index contributed by atoms with van der Waals surface area (Å²) in [5.74, 6) is -0.933. The van der Waals surface area contributed by atoms with Crippen molar-refractivity contribution in [3.05, 3.63) is 87.4 Å². The number of rotatable bonds is 6. The van der Waals surface area contributed by atoms with E-state index in [-0.39, 0.29) is 16.2 Å². The quantitative estimate of drug-likeness (QED) is 0.298. The monoisotopic (exact) mass is 576 g/mol. The van der Waals surface area contributed by atoms with Crippen molar-refractivity contribution in [2.24, 2.45) is 0 Å². The molecule has 0 saturated carbocycles. The molecule has 0 spiro atoms. The van der Waals surface area contributed by atoms with Crippen molar-refractivity contribution in [3.63, 3.8) is 0 Å². The summed E-state index contributed by atoms with van der Waals surface area (Å²) in [5, 5.41) is 3.04. The number of anilines is 1. The first-order valence-electron chi connectivity index (χ1n) is 10.9. The Labute approximate surface area is 217 Å². The SMILES string of the molecule is O=C(Oc1cccc(NC(=O)c2ccccc2Cl)c1)c1ccc(Br)c(S(=O)(=O)N2CCCCC2)c1. The normalized spacial score (nSPS) is 14.3. The molecule has 0 aliphatic carbocycles. The smallest absolute Gasteiger partial charge is 0.343 e. The number of sulfonamides is 1. The third kappa shape index (κ3) is 5.92. The lowest BCUT2D eigenvalue weighted by Crippen LogP contribution is -2.35. The van der Waals surface area contributed by atoms with Crippen molar-refractivity contribution in [2.75, 3.05) is 18.4 Å². The molecule has 4 rings (SSSR count). The first kappa shape index (κ1) is 25.4. The lowest BCUT2D eigenvalue weighted by atomic mass is 10.2. The fourth-order valence-electron chi connectivity index (χ4n) is 3.72. The highest BCUT2D eigenvalue weighted by Gasteiger charge is 2.29. The Kier molecular flexibility index (Phi) is 7.91. The number of piperidine rings is 1. The molecule has 0 aromatic heterocycles. The summed E-state index contributed by atoms with van der Waals surface area (Å²) in [4.78, 5) is 25.4. The summed E-state index contributed by atoms with van der Waals surface area (Å²) >= 11 is 9.38. The first-order valence-corrected chi connectivity index (χ1v) is 13.5. The summed E-state index contributed by atoms with van der Waals surface area (Å²) < 4.78 is 33.5. The van der Waals surface area contributed by atoms with Crippen LogP contribution in [0.5, 0.6) is 5.75 Å². The van der Waals surface area contributed by atoms with Crippen molar-refractivity contribution in [1.29, 1.82) is 0 Å². The molecule has 35 heavy (non-hydrogen) atoms. The summed E-state index contributed by atoms with van der Waals surface area (Å²) in [5.41, 5.74) is 0.813. The molecule has 3 aromatic rings. The van der Waals surface area contributed by atoms with E-state index >= 15 is 0 Å². The van der Waals surface area contributed by atoms with Crippen LogP contribution >= 0.6 is 27.5 Å². The number of esters is 1. The van der Waals surface area contributed by atoms with Gasteiger partial charge in [-0.3, -0.25) is 4.79 Å². The highest BCUT2D eigenvalue weighted by atomic mass is 79.9. The van der Waals surface area contributed by atoms with E-state index in [9.17, 15) is 18.0 Å². The molecular weight excluding hydrogens is 556 g/mol. The van der Waals surface area contributed by atoms with Gasteiger partial charge in [0.05, 0.1) is 21.0 Å². The third-order valence-corrected chi connectivity index (χ3v) is 8.74. The molecule has 1 fully saturated rings. The molecule has 182 valence electrons. The van der Waals surface area contributed by atoms with Crippen LogP contribution in [0.3, 0.4) is 0 Å². The van der Waals surface area contributed by atoms with Gasteiger partial charge in [0.15, 0.2) is 0 Å². The van der Waals surface area contributed by atoms with Crippen LogP contribution in [0.4, 0.5) is 5.69 Å². The molecule has 10 heteroatoms. The number of ether oxygens (including phenoxy) is 1. The van der Waals surface area contributed by atoms with Crippen molar-refractivity contribution in [3.8, 4) is 5.75 Å².